The summed E-state index contributed by atoms with van der Waals surface area (Å²) in [6.45, 7) is 1.51. The third-order valence-corrected chi connectivity index (χ3v) is 6.69. The monoisotopic (exact) mass is 396 g/mol. The lowest BCUT2D eigenvalue weighted by Gasteiger charge is -2.47. The van der Waals surface area contributed by atoms with E-state index in [9.17, 15) is 9.59 Å². The Morgan fingerprint density at radius 3 is 2.97 bits per heavy atom. The number of likely N-dealkylation sites (tertiary alicyclic amines) is 1. The fourth-order valence-corrected chi connectivity index (χ4v) is 4.76. The van der Waals surface area contributed by atoms with Crippen LogP contribution >= 0.6 is 0 Å². The first-order chi connectivity index (χ1) is 14.1. The molecule has 1 N–H and O–H groups in total. The summed E-state index contributed by atoms with van der Waals surface area (Å²) >= 11 is 0. The number of hydrogen-bond acceptors (Lipinski definition) is 3. The van der Waals surface area contributed by atoms with E-state index in [1.807, 2.05) is 24.3 Å². The molecule has 0 bridgehead atoms. The van der Waals surface area contributed by atoms with E-state index in [4.69, 9.17) is 4.74 Å². The third kappa shape index (κ3) is 4.65. The Labute approximate surface area is 173 Å². The van der Waals surface area contributed by atoms with E-state index in [0.29, 0.717) is 31.7 Å². The van der Waals surface area contributed by atoms with Crippen molar-refractivity contribution in [2.75, 3.05) is 20.2 Å². The number of hydrogen-bond donors (Lipinski definition) is 1. The maximum absolute atomic E-state index is 12.6. The molecule has 4 rings (SSSR count). The highest BCUT2D eigenvalue weighted by molar-refractivity contribution is 5.80. The number of nitrogens with one attached hydrogen (secondary N) is 1. The zero-order valence-corrected chi connectivity index (χ0v) is 17.4. The number of piperidine rings is 1. The molecular formula is C24H32N2O3. The van der Waals surface area contributed by atoms with Gasteiger partial charge in [0.1, 0.15) is 5.75 Å². The van der Waals surface area contributed by atoms with E-state index < -0.39 is 0 Å². The molecule has 5 nitrogen and oxygen atoms in total. The van der Waals surface area contributed by atoms with Gasteiger partial charge >= 0.3 is 0 Å². The number of benzene rings is 1. The molecule has 3 aliphatic rings. The quantitative estimate of drug-likeness (QED) is 0.726. The summed E-state index contributed by atoms with van der Waals surface area (Å²) in [4.78, 5) is 27.2. The molecule has 2 aliphatic carbocycles. The number of carbonyl (C=O) groups is 2. The summed E-state index contributed by atoms with van der Waals surface area (Å²) < 4.78 is 5.26. The normalized spacial score (nSPS) is 24.0. The van der Waals surface area contributed by atoms with Crippen molar-refractivity contribution in [1.29, 1.82) is 0 Å². The minimum atomic E-state index is -0.0628. The van der Waals surface area contributed by atoms with Gasteiger partial charge in [-0.1, -0.05) is 18.2 Å². The van der Waals surface area contributed by atoms with Crippen molar-refractivity contribution in [3.63, 3.8) is 0 Å². The number of carbonyl (C=O) groups excluding carboxylic acids is 2. The minimum absolute atomic E-state index is 0.0628. The Morgan fingerprint density at radius 1 is 1.31 bits per heavy atom. The van der Waals surface area contributed by atoms with Crippen molar-refractivity contribution in [1.82, 2.24) is 10.2 Å². The summed E-state index contributed by atoms with van der Waals surface area (Å²) in [5.41, 5.74) is 2.24. The summed E-state index contributed by atoms with van der Waals surface area (Å²) in [6.07, 6.45) is 10.6. The van der Waals surface area contributed by atoms with E-state index in [1.165, 1.54) is 18.5 Å². The summed E-state index contributed by atoms with van der Waals surface area (Å²) in [6, 6.07) is 7.88. The average Bonchev–Trinajstić information content (AvgIpc) is 3.57. The number of amides is 2. The van der Waals surface area contributed by atoms with Gasteiger partial charge in [-0.05, 0) is 68.6 Å². The van der Waals surface area contributed by atoms with Gasteiger partial charge in [-0.25, -0.2) is 0 Å². The highest BCUT2D eigenvalue weighted by Crippen LogP contribution is 2.47. The maximum atomic E-state index is 12.6. The molecule has 1 saturated heterocycles. The van der Waals surface area contributed by atoms with E-state index in [1.54, 1.807) is 7.11 Å². The fourth-order valence-electron chi connectivity index (χ4n) is 4.76. The zero-order valence-electron chi connectivity index (χ0n) is 17.4. The second-order valence-corrected chi connectivity index (χ2v) is 8.84. The molecule has 156 valence electrons. The molecule has 1 heterocycles. The summed E-state index contributed by atoms with van der Waals surface area (Å²) in [7, 11) is 1.65. The minimum Gasteiger partial charge on any atom is -0.497 e. The number of aryl methyl sites for hydroxylation is 1. The van der Waals surface area contributed by atoms with Crippen molar-refractivity contribution in [3.05, 3.63) is 41.6 Å². The molecule has 0 aromatic heterocycles. The smallest absolute Gasteiger partial charge is 0.226 e. The highest BCUT2D eigenvalue weighted by Gasteiger charge is 2.45. The van der Waals surface area contributed by atoms with Gasteiger partial charge in [0.15, 0.2) is 0 Å². The average molecular weight is 397 g/mol. The van der Waals surface area contributed by atoms with Crippen LogP contribution in [-0.2, 0) is 16.0 Å². The number of rotatable bonds is 8. The first-order valence-electron chi connectivity index (χ1n) is 11.0. The molecule has 2 fully saturated rings. The summed E-state index contributed by atoms with van der Waals surface area (Å²) in [5, 5.41) is 3.20. The van der Waals surface area contributed by atoms with Crippen LogP contribution in [0, 0.1) is 11.3 Å². The number of allylic oxidation sites excluding steroid dienone is 1. The van der Waals surface area contributed by atoms with Crippen LogP contribution in [-0.4, -0.2) is 36.9 Å². The lowest BCUT2D eigenvalue weighted by Crippen LogP contribution is -2.51. The van der Waals surface area contributed by atoms with Gasteiger partial charge < -0.3 is 15.0 Å². The van der Waals surface area contributed by atoms with Gasteiger partial charge in [0.25, 0.3) is 0 Å². The van der Waals surface area contributed by atoms with Gasteiger partial charge in [0.05, 0.1) is 7.11 Å². The van der Waals surface area contributed by atoms with Crippen LogP contribution in [0.1, 0.15) is 56.9 Å². The van der Waals surface area contributed by atoms with Gasteiger partial charge in [-0.15, -0.1) is 0 Å². The second-order valence-electron chi connectivity index (χ2n) is 8.84. The van der Waals surface area contributed by atoms with Crippen LogP contribution in [0.3, 0.4) is 0 Å². The Balaban J connectivity index is 1.36. The Hall–Kier alpha value is -2.30. The Kier molecular flexibility index (Phi) is 5.93. The topological polar surface area (TPSA) is 58.6 Å². The molecule has 29 heavy (non-hydrogen) atoms. The molecule has 1 unspecified atom stereocenters. The van der Waals surface area contributed by atoms with Crippen molar-refractivity contribution < 1.29 is 14.3 Å². The lowest BCUT2D eigenvalue weighted by atomic mass is 9.69. The molecule has 0 radical (unpaired) electrons. The Bertz CT molecular complexity index is 799. The number of fused-ring (bicyclic) bond motifs is 1. The van der Waals surface area contributed by atoms with Crippen molar-refractivity contribution in [2.45, 2.75) is 57.8 Å². The van der Waals surface area contributed by atoms with Gasteiger partial charge in [0, 0.05) is 37.0 Å². The molecular weight excluding hydrogens is 364 g/mol. The molecule has 1 aliphatic heterocycles. The van der Waals surface area contributed by atoms with E-state index in [0.717, 1.165) is 43.5 Å². The number of ether oxygens (including phenoxy) is 1. The van der Waals surface area contributed by atoms with E-state index >= 15 is 0 Å². The molecule has 1 atom stereocenters. The van der Waals surface area contributed by atoms with Crippen LogP contribution < -0.4 is 10.1 Å². The van der Waals surface area contributed by atoms with Gasteiger partial charge in [0.2, 0.25) is 11.8 Å². The van der Waals surface area contributed by atoms with Crippen LogP contribution in [0.2, 0.25) is 0 Å². The predicted octanol–water partition coefficient (Wildman–Crippen LogP) is 3.83. The predicted molar refractivity (Wildman–Crippen MR) is 112 cm³/mol. The molecule has 1 saturated carbocycles. The fraction of sp³-hybridized carbons (Fsp3) is 0.583. The van der Waals surface area contributed by atoms with Crippen molar-refractivity contribution in [3.8, 4) is 5.75 Å². The molecule has 0 spiro atoms. The van der Waals surface area contributed by atoms with Crippen molar-refractivity contribution >= 4 is 11.8 Å². The van der Waals surface area contributed by atoms with Crippen LogP contribution in [0.4, 0.5) is 0 Å². The molecule has 1 aromatic rings. The Morgan fingerprint density at radius 2 is 2.17 bits per heavy atom. The number of nitrogens with zero attached hydrogens (tertiary/aromatic N) is 1. The second kappa shape index (κ2) is 8.60. The van der Waals surface area contributed by atoms with Gasteiger partial charge in [-0.3, -0.25) is 9.59 Å². The lowest BCUT2D eigenvalue weighted by molar-refractivity contribution is -0.134. The van der Waals surface area contributed by atoms with Crippen LogP contribution in [0.5, 0.6) is 5.75 Å². The van der Waals surface area contributed by atoms with Crippen LogP contribution in [0.15, 0.2) is 36.0 Å². The van der Waals surface area contributed by atoms with E-state index in [-0.39, 0.29) is 17.2 Å². The molecule has 2 amide bonds. The van der Waals surface area contributed by atoms with Crippen molar-refractivity contribution in [2.24, 2.45) is 11.3 Å². The maximum Gasteiger partial charge on any atom is 0.226 e. The number of methoxy groups -OCH3 is 1. The summed E-state index contributed by atoms with van der Waals surface area (Å²) in [5.74, 6) is 1.85. The zero-order chi connectivity index (χ0) is 20.3. The largest absolute Gasteiger partial charge is 0.497 e. The van der Waals surface area contributed by atoms with Gasteiger partial charge in [-0.2, -0.15) is 0 Å². The standard InChI is InChI=1S/C24H32N2O3/c1-29-20-6-4-5-18(15-20)10-11-22(27)25-17-24-13-3-2-7-21(24)26(16-19-8-9-19)23(28)12-14-24/h4-7,15,19H,2-3,8-14,16-17H2,1H3,(H,25,27). The highest BCUT2D eigenvalue weighted by atomic mass is 16.5. The SMILES string of the molecule is COc1cccc(CCC(=O)NCC23CCCC=C2N(CC2CC2)C(=O)CC3)c1. The van der Waals surface area contributed by atoms with E-state index in [2.05, 4.69) is 16.3 Å². The molecule has 1 aromatic carbocycles. The first kappa shape index (κ1) is 20.0. The molecule has 5 heteroatoms. The van der Waals surface area contributed by atoms with Crippen LogP contribution in [0.25, 0.3) is 0 Å². The third-order valence-electron chi connectivity index (χ3n) is 6.69. The first-order valence-corrected chi connectivity index (χ1v) is 11.0.